The number of hydrogen-bond donors (Lipinski definition) is 1. The van der Waals surface area contributed by atoms with Crippen molar-refractivity contribution in [2.45, 2.75) is 13.3 Å². The van der Waals surface area contributed by atoms with Gasteiger partial charge < -0.3 is 9.84 Å². The topological polar surface area (TPSA) is 29.5 Å². The first-order valence-corrected chi connectivity index (χ1v) is 3.89. The van der Waals surface area contributed by atoms with E-state index in [0.717, 1.165) is 6.42 Å². The Morgan fingerprint density at radius 2 is 2.27 bits per heavy atom. The van der Waals surface area contributed by atoms with Crippen molar-refractivity contribution in [3.8, 4) is 0 Å². The summed E-state index contributed by atoms with van der Waals surface area (Å²) in [6.07, 6.45) is 3.03. The number of methoxy groups -OCH3 is 1. The molecule has 11 heavy (non-hydrogen) atoms. The van der Waals surface area contributed by atoms with E-state index >= 15 is 0 Å². The fraction of sp³-hybridized carbons (Fsp3) is 0.556. The molecule has 1 saturated carbocycles. The molecule has 0 amide bonds. The first-order valence-electron chi connectivity index (χ1n) is 3.89. The van der Waals surface area contributed by atoms with E-state index in [0.29, 0.717) is 23.4 Å². The van der Waals surface area contributed by atoms with Crippen LogP contribution in [0.5, 0.6) is 0 Å². The SMILES string of the molecule is COC1=C(O)C2CC2C(C)=C1. The van der Waals surface area contributed by atoms with Crippen LogP contribution in [-0.2, 0) is 4.74 Å². The van der Waals surface area contributed by atoms with E-state index < -0.39 is 0 Å². The molecule has 1 N–H and O–H groups in total. The third-order valence-corrected chi connectivity index (χ3v) is 2.56. The van der Waals surface area contributed by atoms with Gasteiger partial charge in [-0.15, -0.1) is 0 Å². The predicted molar refractivity (Wildman–Crippen MR) is 42.0 cm³/mol. The van der Waals surface area contributed by atoms with Crippen LogP contribution in [0.1, 0.15) is 13.3 Å². The lowest BCUT2D eigenvalue weighted by Gasteiger charge is -2.11. The van der Waals surface area contributed by atoms with E-state index in [1.165, 1.54) is 5.57 Å². The maximum Gasteiger partial charge on any atom is 0.156 e. The van der Waals surface area contributed by atoms with E-state index in [2.05, 4.69) is 6.92 Å². The Kier molecular flexibility index (Phi) is 1.25. The Morgan fingerprint density at radius 3 is 2.91 bits per heavy atom. The minimum Gasteiger partial charge on any atom is -0.508 e. The van der Waals surface area contributed by atoms with E-state index in [1.54, 1.807) is 7.11 Å². The summed E-state index contributed by atoms with van der Waals surface area (Å²) < 4.78 is 5.02. The fourth-order valence-electron chi connectivity index (χ4n) is 1.73. The standard InChI is InChI=1S/C9H12O2/c1-5-3-8(11-2)9(10)7-4-6(5)7/h3,6-7,10H,4H2,1-2H3. The van der Waals surface area contributed by atoms with E-state index in [9.17, 15) is 5.11 Å². The van der Waals surface area contributed by atoms with E-state index in [1.807, 2.05) is 6.08 Å². The van der Waals surface area contributed by atoms with E-state index in [-0.39, 0.29) is 0 Å². The zero-order chi connectivity index (χ0) is 8.01. The normalized spacial score (nSPS) is 34.5. The first-order chi connectivity index (χ1) is 5.24. The average molecular weight is 152 g/mol. The first kappa shape index (κ1) is 6.77. The van der Waals surface area contributed by atoms with Crippen molar-refractivity contribution in [1.82, 2.24) is 0 Å². The Morgan fingerprint density at radius 1 is 1.55 bits per heavy atom. The molecule has 2 aliphatic rings. The lowest BCUT2D eigenvalue weighted by Crippen LogP contribution is -2.02. The van der Waals surface area contributed by atoms with Gasteiger partial charge in [-0.2, -0.15) is 0 Å². The molecule has 1 fully saturated rings. The van der Waals surface area contributed by atoms with Crippen LogP contribution in [0, 0.1) is 11.8 Å². The quantitative estimate of drug-likeness (QED) is 0.622. The number of allylic oxidation sites excluding steroid dienone is 3. The van der Waals surface area contributed by atoms with Crippen LogP contribution in [0.4, 0.5) is 0 Å². The summed E-state index contributed by atoms with van der Waals surface area (Å²) in [7, 11) is 1.60. The molecule has 0 radical (unpaired) electrons. The number of aliphatic hydroxyl groups excluding tert-OH is 1. The molecule has 0 aromatic carbocycles. The van der Waals surface area contributed by atoms with Crippen LogP contribution in [0.25, 0.3) is 0 Å². The monoisotopic (exact) mass is 152 g/mol. The molecule has 2 nitrogen and oxygen atoms in total. The summed E-state index contributed by atoms with van der Waals surface area (Å²) in [5.41, 5.74) is 1.34. The van der Waals surface area contributed by atoms with Gasteiger partial charge in [-0.05, 0) is 25.3 Å². The number of hydrogen-bond acceptors (Lipinski definition) is 2. The summed E-state index contributed by atoms with van der Waals surface area (Å²) in [5.74, 6) is 2.08. The molecule has 2 heteroatoms. The van der Waals surface area contributed by atoms with Gasteiger partial charge in [-0.25, -0.2) is 0 Å². The zero-order valence-corrected chi connectivity index (χ0v) is 6.79. The van der Waals surface area contributed by atoms with Crippen molar-refractivity contribution in [1.29, 1.82) is 0 Å². The highest BCUT2D eigenvalue weighted by Gasteiger charge is 2.45. The highest BCUT2D eigenvalue weighted by atomic mass is 16.5. The summed E-state index contributed by atoms with van der Waals surface area (Å²) in [6, 6.07) is 0. The van der Waals surface area contributed by atoms with Crippen LogP contribution < -0.4 is 0 Å². The lowest BCUT2D eigenvalue weighted by atomic mass is 10.0. The second-order valence-corrected chi connectivity index (χ2v) is 3.29. The lowest BCUT2D eigenvalue weighted by molar-refractivity contribution is 0.252. The number of fused-ring (bicyclic) bond motifs is 1. The van der Waals surface area contributed by atoms with Crippen LogP contribution >= 0.6 is 0 Å². The largest absolute Gasteiger partial charge is 0.508 e. The Bertz CT molecular complexity index is 250. The third-order valence-electron chi connectivity index (χ3n) is 2.56. The Balaban J connectivity index is 2.35. The fourth-order valence-corrected chi connectivity index (χ4v) is 1.73. The highest BCUT2D eigenvalue weighted by Crippen LogP contribution is 2.51. The summed E-state index contributed by atoms with van der Waals surface area (Å²) >= 11 is 0. The molecule has 0 aromatic heterocycles. The Labute approximate surface area is 66.2 Å². The van der Waals surface area contributed by atoms with Crippen LogP contribution in [0.3, 0.4) is 0 Å². The molecule has 0 aliphatic heterocycles. The van der Waals surface area contributed by atoms with Gasteiger partial charge in [0.05, 0.1) is 7.11 Å². The van der Waals surface area contributed by atoms with Crippen LogP contribution in [-0.4, -0.2) is 12.2 Å². The molecule has 0 saturated heterocycles. The summed E-state index contributed by atoms with van der Waals surface area (Å²) in [6.45, 7) is 2.09. The molecule has 60 valence electrons. The summed E-state index contributed by atoms with van der Waals surface area (Å²) in [4.78, 5) is 0. The third kappa shape index (κ3) is 0.854. The van der Waals surface area contributed by atoms with Gasteiger partial charge >= 0.3 is 0 Å². The molecule has 2 rings (SSSR count). The van der Waals surface area contributed by atoms with Crippen molar-refractivity contribution in [3.05, 3.63) is 23.2 Å². The van der Waals surface area contributed by atoms with Crippen molar-refractivity contribution in [2.75, 3.05) is 7.11 Å². The molecular weight excluding hydrogens is 140 g/mol. The summed E-state index contributed by atoms with van der Waals surface area (Å²) in [5, 5.41) is 9.51. The van der Waals surface area contributed by atoms with Gasteiger partial charge in [0.15, 0.2) is 5.76 Å². The maximum absolute atomic E-state index is 9.51. The van der Waals surface area contributed by atoms with Gasteiger partial charge in [0, 0.05) is 5.92 Å². The zero-order valence-electron chi connectivity index (χ0n) is 6.79. The highest BCUT2D eigenvalue weighted by molar-refractivity contribution is 5.35. The molecule has 0 aromatic rings. The van der Waals surface area contributed by atoms with Crippen molar-refractivity contribution in [3.63, 3.8) is 0 Å². The predicted octanol–water partition coefficient (Wildman–Crippen LogP) is 2.00. The molecule has 2 aliphatic carbocycles. The van der Waals surface area contributed by atoms with E-state index in [4.69, 9.17) is 4.74 Å². The number of ether oxygens (including phenoxy) is 1. The molecule has 2 atom stereocenters. The minimum atomic E-state index is 0.370. The maximum atomic E-state index is 9.51. The smallest absolute Gasteiger partial charge is 0.156 e. The molecule has 0 spiro atoms. The molecule has 0 bridgehead atoms. The molecule has 0 heterocycles. The number of aliphatic hydroxyl groups is 1. The van der Waals surface area contributed by atoms with Gasteiger partial charge in [0.2, 0.25) is 0 Å². The van der Waals surface area contributed by atoms with Crippen molar-refractivity contribution >= 4 is 0 Å². The van der Waals surface area contributed by atoms with Crippen LogP contribution in [0.15, 0.2) is 23.2 Å². The minimum absolute atomic E-state index is 0.370. The van der Waals surface area contributed by atoms with Crippen molar-refractivity contribution in [2.24, 2.45) is 11.8 Å². The number of rotatable bonds is 1. The van der Waals surface area contributed by atoms with Crippen LogP contribution in [0.2, 0.25) is 0 Å². The van der Waals surface area contributed by atoms with Crippen molar-refractivity contribution < 1.29 is 9.84 Å². The second kappa shape index (κ2) is 2.03. The van der Waals surface area contributed by atoms with Gasteiger partial charge in [0.1, 0.15) is 5.76 Å². The average Bonchev–Trinajstić information content (AvgIpc) is 2.75. The second-order valence-electron chi connectivity index (χ2n) is 3.29. The molecular formula is C9H12O2. The molecule has 2 unspecified atom stereocenters. The van der Waals surface area contributed by atoms with Gasteiger partial charge in [-0.3, -0.25) is 0 Å². The van der Waals surface area contributed by atoms with Gasteiger partial charge in [0.25, 0.3) is 0 Å². The Hall–Kier alpha value is -0.920. The van der Waals surface area contributed by atoms with Gasteiger partial charge in [-0.1, -0.05) is 5.57 Å².